The summed E-state index contributed by atoms with van der Waals surface area (Å²) in [6.07, 6.45) is 0. The van der Waals surface area contributed by atoms with Gasteiger partial charge >= 0.3 is 0 Å². The summed E-state index contributed by atoms with van der Waals surface area (Å²) in [5, 5.41) is 6.68. The number of aryl methyl sites for hydroxylation is 2. The molecule has 0 heterocycles. The molecule has 150 valence electrons. The molecule has 0 saturated carbocycles. The second-order valence-electron chi connectivity index (χ2n) is 6.74. The Bertz CT molecular complexity index is 1090. The molecule has 3 aromatic carbocycles. The number of para-hydroxylation sites is 1. The van der Waals surface area contributed by atoms with Gasteiger partial charge in [0.25, 0.3) is 10.0 Å². The van der Waals surface area contributed by atoms with Crippen molar-refractivity contribution in [1.82, 2.24) is 5.32 Å². The molecule has 3 aromatic rings. The summed E-state index contributed by atoms with van der Waals surface area (Å²) in [7, 11) is -3.66. The first-order valence-corrected chi connectivity index (χ1v) is 11.0. The highest BCUT2D eigenvalue weighted by atomic mass is 32.2. The van der Waals surface area contributed by atoms with Crippen LogP contribution in [-0.2, 0) is 16.6 Å². The highest BCUT2D eigenvalue weighted by molar-refractivity contribution is 7.92. The maximum Gasteiger partial charge on any atom is 0.261 e. The quantitative estimate of drug-likeness (QED) is 0.504. The van der Waals surface area contributed by atoms with Crippen LogP contribution in [0.1, 0.15) is 16.7 Å². The molecule has 0 aliphatic carbocycles. The molecule has 0 fully saturated rings. The van der Waals surface area contributed by atoms with E-state index in [1.807, 2.05) is 38.1 Å². The van der Waals surface area contributed by atoms with Crippen LogP contribution in [0.3, 0.4) is 0 Å². The Labute approximate surface area is 177 Å². The Morgan fingerprint density at radius 1 is 0.897 bits per heavy atom. The monoisotopic (exact) mass is 425 g/mol. The van der Waals surface area contributed by atoms with E-state index in [0.29, 0.717) is 23.0 Å². The fourth-order valence-electron chi connectivity index (χ4n) is 2.67. The molecular weight excluding hydrogens is 402 g/mol. The smallest absolute Gasteiger partial charge is 0.261 e. The van der Waals surface area contributed by atoms with E-state index in [2.05, 4.69) is 27.5 Å². The number of sulfonamides is 1. The van der Waals surface area contributed by atoms with E-state index in [0.717, 1.165) is 11.1 Å². The molecule has 7 heteroatoms. The lowest BCUT2D eigenvalue weighted by molar-refractivity contribution is 0.601. The predicted octanol–water partition coefficient (Wildman–Crippen LogP) is 4.59. The van der Waals surface area contributed by atoms with E-state index < -0.39 is 10.0 Å². The summed E-state index contributed by atoms with van der Waals surface area (Å²) < 4.78 is 27.8. The van der Waals surface area contributed by atoms with E-state index in [4.69, 9.17) is 12.2 Å². The van der Waals surface area contributed by atoms with Gasteiger partial charge in [-0.05, 0) is 67.5 Å². The second-order valence-corrected chi connectivity index (χ2v) is 8.83. The van der Waals surface area contributed by atoms with Crippen molar-refractivity contribution in [2.24, 2.45) is 0 Å². The number of benzene rings is 3. The van der Waals surface area contributed by atoms with Crippen molar-refractivity contribution in [2.45, 2.75) is 25.3 Å². The molecule has 0 aliphatic rings. The van der Waals surface area contributed by atoms with Gasteiger partial charge in [-0.25, -0.2) is 8.42 Å². The summed E-state index contributed by atoms with van der Waals surface area (Å²) in [6, 6.07) is 21.9. The molecule has 0 unspecified atom stereocenters. The Morgan fingerprint density at radius 3 is 2.21 bits per heavy atom. The minimum Gasteiger partial charge on any atom is -0.358 e. The van der Waals surface area contributed by atoms with Gasteiger partial charge in [-0.3, -0.25) is 4.72 Å². The van der Waals surface area contributed by atoms with Crippen LogP contribution in [0.25, 0.3) is 0 Å². The Morgan fingerprint density at radius 2 is 1.55 bits per heavy atom. The predicted molar refractivity (Wildman–Crippen MR) is 123 cm³/mol. The standard InChI is InChI=1S/C22H23N3O2S2/c1-16-7-9-18(10-8-16)15-23-22(28)24-19-11-13-20(14-12-19)29(26,27)25-21-6-4-3-5-17(21)2/h3-14,25H,15H2,1-2H3,(H2,23,24,28). The average molecular weight is 426 g/mol. The number of thiocarbonyl (C=S) groups is 1. The third-order valence-corrected chi connectivity index (χ3v) is 6.01. The van der Waals surface area contributed by atoms with Gasteiger partial charge in [-0.1, -0.05) is 48.0 Å². The summed E-state index contributed by atoms with van der Waals surface area (Å²) in [6.45, 7) is 4.51. The van der Waals surface area contributed by atoms with E-state index in [1.165, 1.54) is 5.56 Å². The fourth-order valence-corrected chi connectivity index (χ4v) is 3.99. The van der Waals surface area contributed by atoms with Crippen molar-refractivity contribution in [3.05, 3.63) is 89.5 Å². The van der Waals surface area contributed by atoms with Crippen LogP contribution in [0.2, 0.25) is 0 Å². The number of anilines is 2. The van der Waals surface area contributed by atoms with Crippen LogP contribution in [0.5, 0.6) is 0 Å². The molecule has 29 heavy (non-hydrogen) atoms. The van der Waals surface area contributed by atoms with Crippen molar-refractivity contribution in [1.29, 1.82) is 0 Å². The molecule has 0 atom stereocenters. The van der Waals surface area contributed by atoms with Gasteiger partial charge < -0.3 is 10.6 Å². The SMILES string of the molecule is Cc1ccc(CNC(=S)Nc2ccc(S(=O)(=O)Nc3ccccc3C)cc2)cc1. The van der Waals surface area contributed by atoms with Crippen molar-refractivity contribution in [3.63, 3.8) is 0 Å². The zero-order valence-corrected chi connectivity index (χ0v) is 17.9. The number of hydrogen-bond donors (Lipinski definition) is 3. The first kappa shape index (κ1) is 20.8. The molecule has 0 bridgehead atoms. The summed E-state index contributed by atoms with van der Waals surface area (Å²) in [5.74, 6) is 0. The Kier molecular flexibility index (Phi) is 6.51. The molecule has 0 saturated heterocycles. The summed E-state index contributed by atoms with van der Waals surface area (Å²) in [4.78, 5) is 0.185. The Balaban J connectivity index is 1.59. The lowest BCUT2D eigenvalue weighted by atomic mass is 10.1. The van der Waals surface area contributed by atoms with Gasteiger partial charge in [0, 0.05) is 12.2 Å². The molecule has 3 rings (SSSR count). The highest BCUT2D eigenvalue weighted by Gasteiger charge is 2.15. The highest BCUT2D eigenvalue weighted by Crippen LogP contribution is 2.20. The average Bonchev–Trinajstić information content (AvgIpc) is 2.70. The van der Waals surface area contributed by atoms with Crippen molar-refractivity contribution in [3.8, 4) is 0 Å². The summed E-state index contributed by atoms with van der Waals surface area (Å²) >= 11 is 5.32. The molecule has 0 aromatic heterocycles. The van der Waals surface area contributed by atoms with Crippen LogP contribution in [-0.4, -0.2) is 13.5 Å². The van der Waals surface area contributed by atoms with Gasteiger partial charge in [0.1, 0.15) is 0 Å². The molecule has 0 radical (unpaired) electrons. The maximum atomic E-state index is 12.6. The molecule has 0 aliphatic heterocycles. The third-order valence-electron chi connectivity index (χ3n) is 4.39. The lowest BCUT2D eigenvalue weighted by Gasteiger charge is -2.13. The largest absolute Gasteiger partial charge is 0.358 e. The van der Waals surface area contributed by atoms with Gasteiger partial charge in [0.05, 0.1) is 10.6 Å². The van der Waals surface area contributed by atoms with Crippen LogP contribution < -0.4 is 15.4 Å². The number of hydrogen-bond acceptors (Lipinski definition) is 3. The van der Waals surface area contributed by atoms with Gasteiger partial charge in [-0.2, -0.15) is 0 Å². The zero-order chi connectivity index (χ0) is 20.9. The first-order chi connectivity index (χ1) is 13.8. The van der Waals surface area contributed by atoms with E-state index >= 15 is 0 Å². The normalized spacial score (nSPS) is 11.0. The second kappa shape index (κ2) is 9.07. The van der Waals surface area contributed by atoms with Crippen molar-refractivity contribution >= 4 is 38.7 Å². The topological polar surface area (TPSA) is 70.2 Å². The van der Waals surface area contributed by atoms with E-state index in [-0.39, 0.29) is 4.90 Å². The number of rotatable bonds is 6. The Hall–Kier alpha value is -2.90. The zero-order valence-electron chi connectivity index (χ0n) is 16.3. The van der Waals surface area contributed by atoms with Gasteiger partial charge in [-0.15, -0.1) is 0 Å². The fraction of sp³-hybridized carbons (Fsp3) is 0.136. The van der Waals surface area contributed by atoms with E-state index in [1.54, 1.807) is 36.4 Å². The maximum absolute atomic E-state index is 12.6. The molecular formula is C22H23N3O2S2. The lowest BCUT2D eigenvalue weighted by Crippen LogP contribution is -2.27. The van der Waals surface area contributed by atoms with Crippen LogP contribution >= 0.6 is 12.2 Å². The molecule has 0 spiro atoms. The first-order valence-electron chi connectivity index (χ1n) is 9.12. The van der Waals surface area contributed by atoms with Crippen LogP contribution in [0, 0.1) is 13.8 Å². The minimum absolute atomic E-state index is 0.185. The van der Waals surface area contributed by atoms with Crippen LogP contribution in [0.4, 0.5) is 11.4 Å². The molecule has 5 nitrogen and oxygen atoms in total. The number of nitrogens with one attached hydrogen (secondary N) is 3. The van der Waals surface area contributed by atoms with E-state index in [9.17, 15) is 8.42 Å². The summed E-state index contributed by atoms with van der Waals surface area (Å²) in [5.41, 5.74) is 4.47. The molecule has 0 amide bonds. The van der Waals surface area contributed by atoms with Gasteiger partial charge in [0.15, 0.2) is 5.11 Å². The van der Waals surface area contributed by atoms with Gasteiger partial charge in [0.2, 0.25) is 0 Å². The van der Waals surface area contributed by atoms with Crippen LogP contribution in [0.15, 0.2) is 77.7 Å². The van der Waals surface area contributed by atoms with Crippen molar-refractivity contribution < 1.29 is 8.42 Å². The minimum atomic E-state index is -3.66. The molecule has 3 N–H and O–H groups in total. The van der Waals surface area contributed by atoms with Crippen molar-refractivity contribution in [2.75, 3.05) is 10.0 Å². The third kappa shape index (κ3) is 5.79.